The Bertz CT molecular complexity index is 577. The molecule has 114 valence electrons. The molecule has 0 bridgehead atoms. The highest BCUT2D eigenvalue weighted by Gasteiger charge is 2.04. The maximum absolute atomic E-state index is 13.0. The van der Waals surface area contributed by atoms with Crippen LogP contribution in [0.25, 0.3) is 0 Å². The first-order chi connectivity index (χ1) is 10.1. The number of rotatable bonds is 7. The van der Waals surface area contributed by atoms with Crippen molar-refractivity contribution >= 4 is 0 Å². The van der Waals surface area contributed by atoms with E-state index in [2.05, 4.69) is 30.3 Å². The molecule has 0 aliphatic rings. The average molecular weight is 289 g/mol. The van der Waals surface area contributed by atoms with E-state index < -0.39 is 0 Å². The summed E-state index contributed by atoms with van der Waals surface area (Å²) in [4.78, 5) is 0. The molecule has 1 aromatic carbocycles. The van der Waals surface area contributed by atoms with Gasteiger partial charge in [-0.25, -0.2) is 4.39 Å². The molecule has 2 rings (SSSR count). The minimum atomic E-state index is -0.167. The van der Waals surface area contributed by atoms with Gasteiger partial charge in [-0.1, -0.05) is 13.0 Å². The van der Waals surface area contributed by atoms with Gasteiger partial charge in [0.1, 0.15) is 5.82 Å². The largest absolute Gasteiger partial charge is 0.311 e. The van der Waals surface area contributed by atoms with Crippen LogP contribution in [0.5, 0.6) is 0 Å². The lowest BCUT2D eigenvalue weighted by molar-refractivity contribution is 0.471. The van der Waals surface area contributed by atoms with E-state index in [-0.39, 0.29) is 5.82 Å². The minimum Gasteiger partial charge on any atom is -0.311 e. The van der Waals surface area contributed by atoms with E-state index in [9.17, 15) is 4.39 Å². The number of benzene rings is 1. The molecule has 1 N–H and O–H groups in total. The quantitative estimate of drug-likeness (QED) is 0.789. The Balaban J connectivity index is 1.78. The van der Waals surface area contributed by atoms with Crippen LogP contribution in [0.15, 0.2) is 30.5 Å². The average Bonchev–Trinajstić information content (AvgIpc) is 2.93. The normalized spacial score (nSPS) is 12.6. The number of hydrogen-bond acceptors (Lipinski definition) is 2. The van der Waals surface area contributed by atoms with Gasteiger partial charge >= 0.3 is 0 Å². The summed E-state index contributed by atoms with van der Waals surface area (Å²) in [5.41, 5.74) is 3.26. The molecule has 0 aliphatic heterocycles. The summed E-state index contributed by atoms with van der Waals surface area (Å²) < 4.78 is 15.0. The third kappa shape index (κ3) is 4.39. The first-order valence-electron chi connectivity index (χ1n) is 7.60. The molecule has 0 radical (unpaired) electrons. The van der Waals surface area contributed by atoms with Gasteiger partial charge in [0, 0.05) is 18.8 Å². The standard InChI is InChI=1S/C17H24FN3/c1-4-14(3)21-10-8-17(20-21)12-19-9-7-15-5-6-16(18)11-13(15)2/h5-6,8,10-11,14,19H,4,7,9,12H2,1-3H3. The number of nitrogens with zero attached hydrogens (tertiary/aromatic N) is 2. The fourth-order valence-electron chi connectivity index (χ4n) is 2.28. The summed E-state index contributed by atoms with van der Waals surface area (Å²) >= 11 is 0. The van der Waals surface area contributed by atoms with Gasteiger partial charge in [-0.05, 0) is 62.6 Å². The zero-order valence-corrected chi connectivity index (χ0v) is 13.1. The number of aryl methyl sites for hydroxylation is 1. The smallest absolute Gasteiger partial charge is 0.123 e. The molecule has 3 nitrogen and oxygen atoms in total. The molecule has 0 amide bonds. The van der Waals surface area contributed by atoms with Crippen LogP contribution < -0.4 is 5.32 Å². The van der Waals surface area contributed by atoms with E-state index in [1.807, 2.05) is 23.9 Å². The van der Waals surface area contributed by atoms with Crippen molar-refractivity contribution in [1.29, 1.82) is 0 Å². The summed E-state index contributed by atoms with van der Waals surface area (Å²) in [7, 11) is 0. The van der Waals surface area contributed by atoms with Gasteiger partial charge < -0.3 is 5.32 Å². The topological polar surface area (TPSA) is 29.9 Å². The second-order valence-electron chi connectivity index (χ2n) is 5.54. The number of aromatic nitrogens is 2. The molecular weight excluding hydrogens is 265 g/mol. The Morgan fingerprint density at radius 2 is 2.14 bits per heavy atom. The molecule has 2 aromatic rings. The monoisotopic (exact) mass is 289 g/mol. The first-order valence-corrected chi connectivity index (χ1v) is 7.60. The molecule has 1 unspecified atom stereocenters. The van der Waals surface area contributed by atoms with Crippen LogP contribution in [-0.2, 0) is 13.0 Å². The molecule has 4 heteroatoms. The van der Waals surface area contributed by atoms with Crippen molar-refractivity contribution in [3.05, 3.63) is 53.1 Å². The van der Waals surface area contributed by atoms with Gasteiger partial charge in [0.2, 0.25) is 0 Å². The van der Waals surface area contributed by atoms with E-state index in [0.29, 0.717) is 6.04 Å². The molecule has 0 saturated heterocycles. The van der Waals surface area contributed by atoms with Crippen molar-refractivity contribution in [1.82, 2.24) is 15.1 Å². The number of nitrogens with one attached hydrogen (secondary N) is 1. The summed E-state index contributed by atoms with van der Waals surface area (Å²) in [6.45, 7) is 7.91. The van der Waals surface area contributed by atoms with Crippen molar-refractivity contribution in [2.24, 2.45) is 0 Å². The van der Waals surface area contributed by atoms with Gasteiger partial charge in [0.15, 0.2) is 0 Å². The van der Waals surface area contributed by atoms with Crippen molar-refractivity contribution in [2.75, 3.05) is 6.54 Å². The molecule has 0 fully saturated rings. The molecular formula is C17H24FN3. The summed E-state index contributed by atoms with van der Waals surface area (Å²) in [5, 5.41) is 7.95. The van der Waals surface area contributed by atoms with E-state index >= 15 is 0 Å². The van der Waals surface area contributed by atoms with E-state index in [1.54, 1.807) is 6.07 Å². The van der Waals surface area contributed by atoms with Crippen LogP contribution in [0.3, 0.4) is 0 Å². The summed E-state index contributed by atoms with van der Waals surface area (Å²) in [5.74, 6) is -0.167. The van der Waals surface area contributed by atoms with Gasteiger partial charge in [-0.15, -0.1) is 0 Å². The van der Waals surface area contributed by atoms with Gasteiger partial charge in [-0.2, -0.15) is 5.10 Å². The Hall–Kier alpha value is -1.68. The Morgan fingerprint density at radius 1 is 1.33 bits per heavy atom. The van der Waals surface area contributed by atoms with Crippen molar-refractivity contribution in [3.8, 4) is 0 Å². The van der Waals surface area contributed by atoms with Crippen LogP contribution in [0.4, 0.5) is 4.39 Å². The molecule has 0 saturated carbocycles. The van der Waals surface area contributed by atoms with Gasteiger partial charge in [0.25, 0.3) is 0 Å². The van der Waals surface area contributed by atoms with Crippen molar-refractivity contribution < 1.29 is 4.39 Å². The number of halogens is 1. The highest BCUT2D eigenvalue weighted by atomic mass is 19.1. The third-order valence-corrected chi connectivity index (χ3v) is 3.89. The van der Waals surface area contributed by atoms with Gasteiger partial charge in [-0.3, -0.25) is 4.68 Å². The van der Waals surface area contributed by atoms with Crippen LogP contribution >= 0.6 is 0 Å². The molecule has 0 aliphatic carbocycles. The Kier molecular flexibility index (Phi) is 5.51. The second kappa shape index (κ2) is 7.36. The minimum absolute atomic E-state index is 0.167. The van der Waals surface area contributed by atoms with Crippen LogP contribution in [0, 0.1) is 12.7 Å². The third-order valence-electron chi connectivity index (χ3n) is 3.89. The fourth-order valence-corrected chi connectivity index (χ4v) is 2.28. The van der Waals surface area contributed by atoms with E-state index in [0.717, 1.165) is 37.2 Å². The first kappa shape index (κ1) is 15.7. The highest BCUT2D eigenvalue weighted by molar-refractivity contribution is 5.26. The maximum atomic E-state index is 13.0. The SMILES string of the molecule is CCC(C)n1ccc(CNCCc2ccc(F)cc2C)n1. The lowest BCUT2D eigenvalue weighted by Gasteiger charge is -2.08. The lowest BCUT2D eigenvalue weighted by atomic mass is 10.1. The molecule has 1 aromatic heterocycles. The van der Waals surface area contributed by atoms with Crippen LogP contribution in [-0.4, -0.2) is 16.3 Å². The van der Waals surface area contributed by atoms with E-state index in [1.165, 1.54) is 11.6 Å². The van der Waals surface area contributed by atoms with E-state index in [4.69, 9.17) is 0 Å². The summed E-state index contributed by atoms with van der Waals surface area (Å²) in [6.07, 6.45) is 4.02. The molecule has 1 heterocycles. The molecule has 21 heavy (non-hydrogen) atoms. The van der Waals surface area contributed by atoms with Gasteiger partial charge in [0.05, 0.1) is 5.69 Å². The van der Waals surface area contributed by atoms with Crippen LogP contribution in [0.2, 0.25) is 0 Å². The predicted molar refractivity (Wildman–Crippen MR) is 83.8 cm³/mol. The maximum Gasteiger partial charge on any atom is 0.123 e. The number of hydrogen-bond donors (Lipinski definition) is 1. The zero-order chi connectivity index (χ0) is 15.2. The summed E-state index contributed by atoms with van der Waals surface area (Å²) in [6, 6.07) is 7.48. The molecule has 1 atom stereocenters. The fraction of sp³-hybridized carbons (Fsp3) is 0.471. The Morgan fingerprint density at radius 3 is 2.86 bits per heavy atom. The van der Waals surface area contributed by atoms with Crippen molar-refractivity contribution in [3.63, 3.8) is 0 Å². The highest BCUT2D eigenvalue weighted by Crippen LogP contribution is 2.11. The van der Waals surface area contributed by atoms with Crippen molar-refractivity contribution in [2.45, 2.75) is 46.2 Å². The second-order valence-corrected chi connectivity index (χ2v) is 5.54. The predicted octanol–water partition coefficient (Wildman–Crippen LogP) is 3.63. The lowest BCUT2D eigenvalue weighted by Crippen LogP contribution is -2.18. The Labute approximate surface area is 126 Å². The molecule has 0 spiro atoms. The van der Waals surface area contributed by atoms with Crippen LogP contribution in [0.1, 0.15) is 43.1 Å². The zero-order valence-electron chi connectivity index (χ0n) is 13.1.